The van der Waals surface area contributed by atoms with Crippen molar-refractivity contribution in [2.24, 2.45) is 5.41 Å². The monoisotopic (exact) mass is 204 g/mol. The smallest absolute Gasteiger partial charge is 0.311 e. The van der Waals surface area contributed by atoms with Crippen molar-refractivity contribution in [1.82, 2.24) is 0 Å². The second kappa shape index (κ2) is 10.3. The number of hydrogen-bond acceptors (Lipinski definition) is 2. The van der Waals surface area contributed by atoms with Gasteiger partial charge in [0.15, 0.2) is 0 Å². The van der Waals surface area contributed by atoms with Gasteiger partial charge in [-0.25, -0.2) is 0 Å². The molecule has 0 aromatic carbocycles. The zero-order valence-corrected chi connectivity index (χ0v) is 7.52. The SMILES string of the molecule is C.C.C.C=CCOC(=O)C(C)(C)CC. The maximum atomic E-state index is 11.2. The molecule has 2 heteroatoms. The Balaban J connectivity index is -0.000000167. The lowest BCUT2D eigenvalue weighted by Gasteiger charge is -2.19. The molecule has 0 saturated carbocycles. The topological polar surface area (TPSA) is 26.3 Å². The molecule has 0 aromatic rings. The van der Waals surface area contributed by atoms with E-state index in [2.05, 4.69) is 6.58 Å². The van der Waals surface area contributed by atoms with Crippen molar-refractivity contribution in [3.63, 3.8) is 0 Å². The first-order valence-corrected chi connectivity index (χ1v) is 3.82. The van der Waals surface area contributed by atoms with Gasteiger partial charge in [-0.05, 0) is 20.3 Å². The minimum atomic E-state index is -0.358. The fraction of sp³-hybridized carbons (Fsp3) is 0.750. The van der Waals surface area contributed by atoms with Crippen LogP contribution in [0.5, 0.6) is 0 Å². The van der Waals surface area contributed by atoms with Crippen LogP contribution in [0.1, 0.15) is 49.5 Å². The predicted octanol–water partition coefficient (Wildman–Crippen LogP) is 4.06. The van der Waals surface area contributed by atoms with Crippen molar-refractivity contribution in [3.8, 4) is 0 Å². The zero-order chi connectivity index (χ0) is 8.91. The molecule has 0 fully saturated rings. The standard InChI is InChI=1S/C9H16O2.3CH4/c1-5-7-11-8(10)9(3,4)6-2;;;/h5H,1,6-7H2,2-4H3;3*1H4. The lowest BCUT2D eigenvalue weighted by atomic mass is 9.91. The average molecular weight is 204 g/mol. The Labute approximate surface area is 90.4 Å². The quantitative estimate of drug-likeness (QED) is 0.510. The third kappa shape index (κ3) is 7.84. The normalized spacial score (nSPS) is 8.50. The van der Waals surface area contributed by atoms with Crippen LogP contribution in [0.25, 0.3) is 0 Å². The minimum absolute atomic E-state index is 0. The van der Waals surface area contributed by atoms with E-state index in [1.54, 1.807) is 6.08 Å². The maximum absolute atomic E-state index is 11.2. The van der Waals surface area contributed by atoms with E-state index in [1.165, 1.54) is 0 Å². The number of ether oxygens (including phenoxy) is 1. The van der Waals surface area contributed by atoms with E-state index in [1.807, 2.05) is 20.8 Å². The predicted molar refractivity (Wildman–Crippen MR) is 65.4 cm³/mol. The molecule has 0 atom stereocenters. The molecule has 0 aliphatic rings. The molecule has 0 unspecified atom stereocenters. The Morgan fingerprint density at radius 2 is 1.79 bits per heavy atom. The van der Waals surface area contributed by atoms with Gasteiger partial charge in [-0.1, -0.05) is 41.9 Å². The molecule has 0 radical (unpaired) electrons. The van der Waals surface area contributed by atoms with Crippen LogP contribution in [-0.2, 0) is 9.53 Å². The van der Waals surface area contributed by atoms with Gasteiger partial charge in [0, 0.05) is 0 Å². The first kappa shape index (κ1) is 23.2. The van der Waals surface area contributed by atoms with Crippen molar-refractivity contribution in [2.45, 2.75) is 49.5 Å². The molecule has 2 nitrogen and oxygen atoms in total. The van der Waals surface area contributed by atoms with Crippen LogP contribution >= 0.6 is 0 Å². The van der Waals surface area contributed by atoms with E-state index < -0.39 is 0 Å². The summed E-state index contributed by atoms with van der Waals surface area (Å²) in [5.41, 5.74) is -0.358. The van der Waals surface area contributed by atoms with E-state index in [0.717, 1.165) is 6.42 Å². The molecule has 0 aromatic heterocycles. The van der Waals surface area contributed by atoms with Crippen LogP contribution in [0.4, 0.5) is 0 Å². The number of esters is 1. The van der Waals surface area contributed by atoms with Gasteiger partial charge in [0.25, 0.3) is 0 Å². The van der Waals surface area contributed by atoms with Gasteiger partial charge in [0.05, 0.1) is 5.41 Å². The highest BCUT2D eigenvalue weighted by atomic mass is 16.5. The summed E-state index contributed by atoms with van der Waals surface area (Å²) >= 11 is 0. The highest BCUT2D eigenvalue weighted by Crippen LogP contribution is 2.21. The number of carbonyl (C=O) groups excluding carboxylic acids is 1. The number of carbonyl (C=O) groups is 1. The van der Waals surface area contributed by atoms with E-state index >= 15 is 0 Å². The van der Waals surface area contributed by atoms with Gasteiger partial charge in [-0.15, -0.1) is 0 Å². The van der Waals surface area contributed by atoms with Crippen molar-refractivity contribution in [1.29, 1.82) is 0 Å². The second-order valence-corrected chi connectivity index (χ2v) is 3.12. The van der Waals surface area contributed by atoms with Crippen LogP contribution in [0.3, 0.4) is 0 Å². The Kier molecular flexibility index (Phi) is 17.1. The van der Waals surface area contributed by atoms with Gasteiger partial charge in [0.1, 0.15) is 6.61 Å². The summed E-state index contributed by atoms with van der Waals surface area (Å²) in [6.07, 6.45) is 2.37. The molecule has 0 aliphatic carbocycles. The first-order chi connectivity index (χ1) is 5.04. The van der Waals surface area contributed by atoms with Crippen molar-refractivity contribution >= 4 is 5.97 Å². The molecular formula is C12H28O2. The molecule has 0 amide bonds. The fourth-order valence-corrected chi connectivity index (χ4v) is 0.474. The lowest BCUT2D eigenvalue weighted by molar-refractivity contribution is -0.152. The summed E-state index contributed by atoms with van der Waals surface area (Å²) < 4.78 is 4.89. The van der Waals surface area contributed by atoms with Gasteiger partial charge in [-0.2, -0.15) is 0 Å². The van der Waals surface area contributed by atoms with Crippen LogP contribution in [-0.4, -0.2) is 12.6 Å². The van der Waals surface area contributed by atoms with Gasteiger partial charge in [-0.3, -0.25) is 4.79 Å². The van der Waals surface area contributed by atoms with Crippen molar-refractivity contribution < 1.29 is 9.53 Å². The van der Waals surface area contributed by atoms with E-state index in [9.17, 15) is 4.79 Å². The van der Waals surface area contributed by atoms with Crippen molar-refractivity contribution in [3.05, 3.63) is 12.7 Å². The maximum Gasteiger partial charge on any atom is 0.311 e. The van der Waals surface area contributed by atoms with Crippen LogP contribution in [0, 0.1) is 5.41 Å². The Bertz CT molecular complexity index is 148. The molecule has 0 rings (SSSR count). The molecule has 0 aliphatic heterocycles. The van der Waals surface area contributed by atoms with Gasteiger partial charge < -0.3 is 4.74 Å². The highest BCUT2D eigenvalue weighted by Gasteiger charge is 2.26. The summed E-state index contributed by atoms with van der Waals surface area (Å²) in [5, 5.41) is 0. The van der Waals surface area contributed by atoms with E-state index in [0.29, 0.717) is 6.61 Å². The highest BCUT2D eigenvalue weighted by molar-refractivity contribution is 5.75. The Hall–Kier alpha value is -0.790. The third-order valence-electron chi connectivity index (χ3n) is 1.77. The van der Waals surface area contributed by atoms with Crippen LogP contribution in [0.15, 0.2) is 12.7 Å². The fourth-order valence-electron chi connectivity index (χ4n) is 0.474. The van der Waals surface area contributed by atoms with Gasteiger partial charge >= 0.3 is 5.97 Å². The average Bonchev–Trinajstić information content (AvgIpc) is 2.00. The van der Waals surface area contributed by atoms with Crippen LogP contribution in [0.2, 0.25) is 0 Å². The summed E-state index contributed by atoms with van der Waals surface area (Å²) in [6.45, 7) is 9.49. The van der Waals surface area contributed by atoms with Crippen LogP contribution < -0.4 is 0 Å². The largest absolute Gasteiger partial charge is 0.461 e. The summed E-state index contributed by atoms with van der Waals surface area (Å²) in [4.78, 5) is 11.2. The third-order valence-corrected chi connectivity index (χ3v) is 1.77. The molecule has 0 bridgehead atoms. The molecule has 88 valence electrons. The number of hydrogen-bond donors (Lipinski definition) is 0. The summed E-state index contributed by atoms with van der Waals surface area (Å²) in [6, 6.07) is 0. The minimum Gasteiger partial charge on any atom is -0.461 e. The molecule has 0 saturated heterocycles. The van der Waals surface area contributed by atoms with E-state index in [-0.39, 0.29) is 33.7 Å². The molecular weight excluding hydrogens is 176 g/mol. The first-order valence-electron chi connectivity index (χ1n) is 3.82. The summed E-state index contributed by atoms with van der Waals surface area (Å²) in [7, 11) is 0. The molecule has 0 heterocycles. The zero-order valence-electron chi connectivity index (χ0n) is 7.52. The van der Waals surface area contributed by atoms with Gasteiger partial charge in [0.2, 0.25) is 0 Å². The van der Waals surface area contributed by atoms with Crippen molar-refractivity contribution in [2.75, 3.05) is 6.61 Å². The Morgan fingerprint density at radius 3 is 2.07 bits per heavy atom. The lowest BCUT2D eigenvalue weighted by Crippen LogP contribution is -2.25. The number of rotatable bonds is 4. The molecule has 14 heavy (non-hydrogen) atoms. The Morgan fingerprint density at radius 1 is 1.36 bits per heavy atom. The second-order valence-electron chi connectivity index (χ2n) is 3.12. The van der Waals surface area contributed by atoms with E-state index in [4.69, 9.17) is 4.74 Å². The molecule has 0 N–H and O–H groups in total. The molecule has 0 spiro atoms. The summed E-state index contributed by atoms with van der Waals surface area (Å²) in [5.74, 6) is -0.153.